The van der Waals surface area contributed by atoms with Gasteiger partial charge in [-0.1, -0.05) is 66.7 Å². The molecule has 0 aliphatic heterocycles. The highest BCUT2D eigenvalue weighted by atomic mass is 16.1. The van der Waals surface area contributed by atoms with Crippen LogP contribution in [0.15, 0.2) is 72.8 Å². The Morgan fingerprint density at radius 1 is 0.800 bits per heavy atom. The first kappa shape index (κ1) is 15.6. The maximum absolute atomic E-state index is 12.1. The van der Waals surface area contributed by atoms with Crippen LogP contribution >= 0.6 is 0 Å². The molecule has 0 spiro atoms. The Balaban J connectivity index is 2.09. The zero-order chi connectivity index (χ0) is 17.4. The molecule has 0 heterocycles. The highest BCUT2D eigenvalue weighted by Crippen LogP contribution is 2.50. The van der Waals surface area contributed by atoms with Crippen molar-refractivity contribution >= 4 is 5.91 Å². The molecule has 3 nitrogen and oxygen atoms in total. The van der Waals surface area contributed by atoms with E-state index in [0.717, 1.165) is 40.7 Å². The molecule has 124 valence electrons. The minimum absolute atomic E-state index is 0.427. The van der Waals surface area contributed by atoms with Crippen molar-refractivity contribution in [1.29, 1.82) is 0 Å². The lowest BCUT2D eigenvalue weighted by molar-refractivity contribution is 0.0998. The van der Waals surface area contributed by atoms with Gasteiger partial charge in [-0.25, -0.2) is 0 Å². The highest BCUT2D eigenvalue weighted by Gasteiger charge is 2.44. The largest absolute Gasteiger partial charge is 0.366 e. The summed E-state index contributed by atoms with van der Waals surface area (Å²) in [6, 6.07) is 24.1. The predicted molar refractivity (Wildman–Crippen MR) is 101 cm³/mol. The van der Waals surface area contributed by atoms with Gasteiger partial charge in [-0.2, -0.15) is 0 Å². The molecule has 1 fully saturated rings. The van der Waals surface area contributed by atoms with E-state index in [1.54, 1.807) is 0 Å². The van der Waals surface area contributed by atoms with E-state index in [-0.39, 0.29) is 0 Å². The third-order valence-corrected chi connectivity index (χ3v) is 4.90. The number of rotatable bonds is 4. The fraction of sp³-hybridized carbons (Fsp3) is 0.136. The van der Waals surface area contributed by atoms with Crippen molar-refractivity contribution in [3.8, 4) is 22.3 Å². The maximum Gasteiger partial charge on any atom is 0.249 e. The van der Waals surface area contributed by atoms with Gasteiger partial charge in [-0.3, -0.25) is 4.79 Å². The summed E-state index contributed by atoms with van der Waals surface area (Å²) in [6.45, 7) is 0. The summed E-state index contributed by atoms with van der Waals surface area (Å²) in [7, 11) is 0. The number of hydrogen-bond acceptors (Lipinski definition) is 2. The first-order chi connectivity index (χ1) is 12.1. The van der Waals surface area contributed by atoms with Crippen LogP contribution < -0.4 is 11.5 Å². The van der Waals surface area contributed by atoms with Crippen molar-refractivity contribution in [3.05, 3.63) is 83.9 Å². The maximum atomic E-state index is 12.1. The third kappa shape index (κ3) is 2.73. The van der Waals surface area contributed by atoms with Gasteiger partial charge in [-0.05, 0) is 46.7 Å². The fourth-order valence-electron chi connectivity index (χ4n) is 3.47. The van der Waals surface area contributed by atoms with Crippen molar-refractivity contribution in [1.82, 2.24) is 0 Å². The number of nitrogens with two attached hydrogens (primary N) is 2. The first-order valence-corrected chi connectivity index (χ1v) is 8.47. The number of benzene rings is 3. The molecular formula is C22H20N2O. The van der Waals surface area contributed by atoms with Crippen LogP contribution in [0, 0.1) is 0 Å². The van der Waals surface area contributed by atoms with Crippen LogP contribution in [0.25, 0.3) is 22.3 Å². The van der Waals surface area contributed by atoms with Gasteiger partial charge in [0.15, 0.2) is 0 Å². The van der Waals surface area contributed by atoms with Crippen molar-refractivity contribution in [2.75, 3.05) is 0 Å². The molecule has 1 saturated carbocycles. The molecule has 1 aliphatic carbocycles. The van der Waals surface area contributed by atoms with Gasteiger partial charge in [-0.15, -0.1) is 0 Å². The van der Waals surface area contributed by atoms with Crippen molar-refractivity contribution in [2.45, 2.75) is 18.4 Å². The van der Waals surface area contributed by atoms with Gasteiger partial charge in [0.2, 0.25) is 5.91 Å². The molecule has 25 heavy (non-hydrogen) atoms. The minimum atomic E-state index is -0.472. The average Bonchev–Trinajstić information content (AvgIpc) is 3.40. The molecule has 3 aromatic carbocycles. The van der Waals surface area contributed by atoms with E-state index in [4.69, 9.17) is 11.5 Å². The van der Waals surface area contributed by atoms with Gasteiger partial charge in [0, 0.05) is 11.1 Å². The highest BCUT2D eigenvalue weighted by molar-refractivity contribution is 6.00. The van der Waals surface area contributed by atoms with Crippen LogP contribution in [-0.2, 0) is 5.54 Å². The molecule has 4 rings (SSSR count). The Labute approximate surface area is 147 Å². The van der Waals surface area contributed by atoms with Crippen LogP contribution in [0.5, 0.6) is 0 Å². The average molecular weight is 328 g/mol. The Hall–Kier alpha value is -2.91. The van der Waals surface area contributed by atoms with Gasteiger partial charge < -0.3 is 11.5 Å². The first-order valence-electron chi connectivity index (χ1n) is 8.47. The van der Waals surface area contributed by atoms with Crippen LogP contribution in [-0.4, -0.2) is 5.91 Å². The van der Waals surface area contributed by atoms with E-state index in [9.17, 15) is 4.79 Å². The topological polar surface area (TPSA) is 69.1 Å². The van der Waals surface area contributed by atoms with E-state index < -0.39 is 11.4 Å². The molecule has 0 unspecified atom stereocenters. The lowest BCUT2D eigenvalue weighted by Gasteiger charge is -2.22. The Bertz CT molecular complexity index is 929. The van der Waals surface area contributed by atoms with E-state index in [1.165, 1.54) is 0 Å². The SMILES string of the molecule is NC(=O)c1ccc(-c2ccccc2)c(-c2ccccc2)c1C1(N)CC1. The molecule has 0 atom stereocenters. The lowest BCUT2D eigenvalue weighted by Crippen LogP contribution is -2.26. The molecule has 0 saturated heterocycles. The fourth-order valence-corrected chi connectivity index (χ4v) is 3.47. The second-order valence-corrected chi connectivity index (χ2v) is 6.66. The van der Waals surface area contributed by atoms with Gasteiger partial charge in [0.05, 0.1) is 0 Å². The van der Waals surface area contributed by atoms with E-state index >= 15 is 0 Å². The van der Waals surface area contributed by atoms with E-state index in [1.807, 2.05) is 48.5 Å². The molecular weight excluding hydrogens is 308 g/mol. The van der Waals surface area contributed by atoms with E-state index in [2.05, 4.69) is 24.3 Å². The Morgan fingerprint density at radius 3 is 1.88 bits per heavy atom. The van der Waals surface area contributed by atoms with Crippen molar-refractivity contribution in [2.24, 2.45) is 11.5 Å². The molecule has 0 bridgehead atoms. The third-order valence-electron chi connectivity index (χ3n) is 4.90. The minimum Gasteiger partial charge on any atom is -0.366 e. The number of amides is 1. The second-order valence-electron chi connectivity index (χ2n) is 6.66. The quantitative estimate of drug-likeness (QED) is 0.758. The van der Waals surface area contributed by atoms with Gasteiger partial charge in [0.1, 0.15) is 0 Å². The number of hydrogen-bond donors (Lipinski definition) is 2. The van der Waals surface area contributed by atoms with Crippen molar-refractivity contribution in [3.63, 3.8) is 0 Å². The number of primary amides is 1. The van der Waals surface area contributed by atoms with Crippen molar-refractivity contribution < 1.29 is 4.79 Å². The van der Waals surface area contributed by atoms with Gasteiger partial charge in [0.25, 0.3) is 0 Å². The summed E-state index contributed by atoms with van der Waals surface area (Å²) in [4.78, 5) is 12.1. The number of carbonyl (C=O) groups excluding carboxylic acids is 1. The molecule has 0 radical (unpaired) electrons. The Morgan fingerprint density at radius 2 is 1.36 bits per heavy atom. The summed E-state index contributed by atoms with van der Waals surface area (Å²) in [5.41, 5.74) is 17.4. The molecule has 3 heteroatoms. The second kappa shape index (κ2) is 5.87. The summed E-state index contributed by atoms with van der Waals surface area (Å²) >= 11 is 0. The molecule has 1 aliphatic rings. The number of carbonyl (C=O) groups is 1. The van der Waals surface area contributed by atoms with Crippen LogP contribution in [0.3, 0.4) is 0 Å². The molecule has 3 aromatic rings. The lowest BCUT2D eigenvalue weighted by atomic mass is 9.83. The Kier molecular flexibility index (Phi) is 3.66. The zero-order valence-corrected chi connectivity index (χ0v) is 13.9. The molecule has 0 aromatic heterocycles. The normalized spacial score (nSPS) is 14.9. The smallest absolute Gasteiger partial charge is 0.249 e. The van der Waals surface area contributed by atoms with E-state index in [0.29, 0.717) is 5.56 Å². The van der Waals surface area contributed by atoms with Gasteiger partial charge >= 0.3 is 0 Å². The molecule has 1 amide bonds. The summed E-state index contributed by atoms with van der Waals surface area (Å²) in [6.07, 6.45) is 1.73. The standard InChI is InChI=1S/C22H20N2O/c23-21(25)18-12-11-17(15-7-3-1-4-8-15)19(16-9-5-2-6-10-16)20(18)22(24)13-14-22/h1-12H,13-14,24H2,(H2,23,25). The van der Waals surface area contributed by atoms with Crippen LogP contribution in [0.4, 0.5) is 0 Å². The van der Waals surface area contributed by atoms with Crippen LogP contribution in [0.2, 0.25) is 0 Å². The summed E-state index contributed by atoms with van der Waals surface area (Å²) in [5.74, 6) is -0.427. The monoisotopic (exact) mass is 328 g/mol. The van der Waals surface area contributed by atoms with Crippen LogP contribution in [0.1, 0.15) is 28.8 Å². The molecule has 4 N–H and O–H groups in total. The zero-order valence-electron chi connectivity index (χ0n) is 13.9. The summed E-state index contributed by atoms with van der Waals surface area (Å²) < 4.78 is 0. The predicted octanol–water partition coefficient (Wildman–Crippen LogP) is 4.07. The summed E-state index contributed by atoms with van der Waals surface area (Å²) in [5, 5.41) is 0.